The van der Waals surface area contributed by atoms with Crippen LogP contribution in [0.25, 0.3) is 0 Å². The van der Waals surface area contributed by atoms with Crippen LogP contribution in [0.2, 0.25) is 0 Å². The molecule has 1 aromatic heterocycles. The van der Waals surface area contributed by atoms with Crippen LogP contribution >= 0.6 is 0 Å². The molecular formula is C23H24N4O8. The molecule has 2 aliphatic rings. The molecule has 2 N–H and O–H groups in total. The number of methoxy groups -OCH3 is 1. The Bertz CT molecular complexity index is 1170. The molecule has 1 atom stereocenters. The van der Waals surface area contributed by atoms with Crippen molar-refractivity contribution in [2.75, 3.05) is 13.7 Å². The van der Waals surface area contributed by atoms with Gasteiger partial charge in [-0.1, -0.05) is 11.2 Å². The van der Waals surface area contributed by atoms with Crippen LogP contribution in [-0.4, -0.2) is 59.4 Å². The van der Waals surface area contributed by atoms with E-state index in [1.165, 1.54) is 6.07 Å². The Labute approximate surface area is 199 Å². The van der Waals surface area contributed by atoms with Gasteiger partial charge in [0.05, 0.1) is 30.9 Å². The third kappa shape index (κ3) is 5.22. The van der Waals surface area contributed by atoms with E-state index in [1.807, 2.05) is 0 Å². The van der Waals surface area contributed by atoms with Crippen molar-refractivity contribution < 1.29 is 38.0 Å². The average molecular weight is 484 g/mol. The molecule has 3 heterocycles. The number of nitrogens with one attached hydrogen (secondary N) is 2. The Morgan fingerprint density at radius 3 is 2.86 bits per heavy atom. The first-order valence-corrected chi connectivity index (χ1v) is 11.1. The summed E-state index contributed by atoms with van der Waals surface area (Å²) in [5.74, 6) is -1.88. The Balaban J connectivity index is 1.30. The zero-order chi connectivity index (χ0) is 24.9. The van der Waals surface area contributed by atoms with Crippen molar-refractivity contribution in [2.45, 2.75) is 44.9 Å². The van der Waals surface area contributed by atoms with Gasteiger partial charge in [0.15, 0.2) is 5.76 Å². The number of carbonyl (C=O) groups is 5. The van der Waals surface area contributed by atoms with Crippen LogP contribution < -0.4 is 15.4 Å². The molecule has 0 aliphatic carbocycles. The number of imide groups is 2. The van der Waals surface area contributed by atoms with E-state index in [9.17, 15) is 24.0 Å². The van der Waals surface area contributed by atoms with Gasteiger partial charge in [-0.05, 0) is 25.0 Å². The van der Waals surface area contributed by atoms with Crippen molar-refractivity contribution in [1.82, 2.24) is 20.7 Å². The highest BCUT2D eigenvalue weighted by Gasteiger charge is 2.45. The molecule has 0 saturated carbocycles. The van der Waals surface area contributed by atoms with E-state index in [0.717, 1.165) is 4.90 Å². The smallest absolute Gasteiger partial charge is 0.266 e. The largest absolute Gasteiger partial charge is 0.493 e. The fourth-order valence-electron chi connectivity index (χ4n) is 3.95. The number of rotatable bonds is 10. The Hall–Kier alpha value is -4.06. The molecule has 1 saturated heterocycles. The molecule has 184 valence electrons. The standard InChI is InChI=1S/C23H24N4O8/c1-33-12-13-10-14(35-26-13)11-24-18(28)6-3-9-34-17-5-2-4-15-20(17)23(32)27(22(15)31)16-7-8-19(29)25-21(16)30/h2,4-5,10,16H,3,6-9,11-12H2,1H3,(H,24,28)(H,25,29,30). The Kier molecular flexibility index (Phi) is 7.20. The molecule has 1 unspecified atom stereocenters. The summed E-state index contributed by atoms with van der Waals surface area (Å²) >= 11 is 0. The summed E-state index contributed by atoms with van der Waals surface area (Å²) in [5, 5.41) is 8.69. The highest BCUT2D eigenvalue weighted by molar-refractivity contribution is 6.24. The van der Waals surface area contributed by atoms with Crippen LogP contribution in [-0.2, 0) is 32.3 Å². The highest BCUT2D eigenvalue weighted by atomic mass is 16.5. The third-order valence-corrected chi connectivity index (χ3v) is 5.60. The lowest BCUT2D eigenvalue weighted by Gasteiger charge is -2.27. The van der Waals surface area contributed by atoms with Gasteiger partial charge < -0.3 is 19.3 Å². The molecule has 12 nitrogen and oxygen atoms in total. The maximum Gasteiger partial charge on any atom is 0.266 e. The van der Waals surface area contributed by atoms with E-state index in [0.29, 0.717) is 24.5 Å². The number of hydrogen-bond acceptors (Lipinski definition) is 9. The molecule has 0 radical (unpaired) electrons. The molecule has 35 heavy (non-hydrogen) atoms. The summed E-state index contributed by atoms with van der Waals surface area (Å²) in [7, 11) is 1.55. The van der Waals surface area contributed by atoms with Gasteiger partial charge in [0.25, 0.3) is 11.8 Å². The maximum atomic E-state index is 13.0. The fraction of sp³-hybridized carbons (Fsp3) is 0.391. The lowest BCUT2D eigenvalue weighted by Crippen LogP contribution is -2.54. The summed E-state index contributed by atoms with van der Waals surface area (Å²) in [5.41, 5.74) is 0.836. The lowest BCUT2D eigenvalue weighted by molar-refractivity contribution is -0.136. The van der Waals surface area contributed by atoms with Crippen molar-refractivity contribution in [1.29, 1.82) is 0 Å². The fourth-order valence-corrected chi connectivity index (χ4v) is 3.95. The summed E-state index contributed by atoms with van der Waals surface area (Å²) < 4.78 is 15.8. The van der Waals surface area contributed by atoms with Crippen LogP contribution in [0.4, 0.5) is 0 Å². The molecule has 5 amide bonds. The van der Waals surface area contributed by atoms with Gasteiger partial charge in [0.1, 0.15) is 17.5 Å². The van der Waals surface area contributed by atoms with E-state index in [2.05, 4.69) is 15.8 Å². The number of piperidine rings is 1. The van der Waals surface area contributed by atoms with Gasteiger partial charge in [-0.3, -0.25) is 34.2 Å². The number of ether oxygens (including phenoxy) is 2. The van der Waals surface area contributed by atoms with Crippen LogP contribution in [0.15, 0.2) is 28.8 Å². The van der Waals surface area contributed by atoms with E-state index in [4.69, 9.17) is 14.0 Å². The van der Waals surface area contributed by atoms with Gasteiger partial charge in [0.2, 0.25) is 17.7 Å². The molecule has 2 aromatic rings. The SMILES string of the molecule is COCc1cc(CNC(=O)CCCOc2cccc3c2C(=O)N(C2CCC(=O)NC2=O)C3=O)on1. The van der Waals surface area contributed by atoms with Gasteiger partial charge in [0, 0.05) is 26.0 Å². The number of nitrogens with zero attached hydrogens (tertiary/aromatic N) is 2. The monoisotopic (exact) mass is 484 g/mol. The predicted molar refractivity (Wildman–Crippen MR) is 117 cm³/mol. The minimum Gasteiger partial charge on any atom is -0.493 e. The topological polar surface area (TPSA) is 157 Å². The Morgan fingerprint density at radius 1 is 1.26 bits per heavy atom. The van der Waals surface area contributed by atoms with Gasteiger partial charge >= 0.3 is 0 Å². The summed E-state index contributed by atoms with van der Waals surface area (Å²) in [6.45, 7) is 0.636. The first-order valence-electron chi connectivity index (χ1n) is 11.1. The second-order valence-electron chi connectivity index (χ2n) is 8.07. The molecule has 0 bridgehead atoms. The number of benzene rings is 1. The highest BCUT2D eigenvalue weighted by Crippen LogP contribution is 2.33. The number of amides is 5. The van der Waals surface area contributed by atoms with Crippen LogP contribution in [0, 0.1) is 0 Å². The number of carbonyl (C=O) groups excluding carboxylic acids is 5. The molecule has 0 spiro atoms. The van der Waals surface area contributed by atoms with Crippen molar-refractivity contribution in [2.24, 2.45) is 0 Å². The van der Waals surface area contributed by atoms with E-state index in [-0.39, 0.29) is 55.2 Å². The van der Waals surface area contributed by atoms with Crippen molar-refractivity contribution in [3.8, 4) is 5.75 Å². The number of fused-ring (bicyclic) bond motifs is 1. The van der Waals surface area contributed by atoms with E-state index >= 15 is 0 Å². The minimum absolute atomic E-state index is 0.0417. The minimum atomic E-state index is -1.05. The molecule has 2 aliphatic heterocycles. The van der Waals surface area contributed by atoms with Gasteiger partial charge in [-0.15, -0.1) is 0 Å². The summed E-state index contributed by atoms with van der Waals surface area (Å²) in [6.07, 6.45) is 0.645. The van der Waals surface area contributed by atoms with Crippen LogP contribution in [0.3, 0.4) is 0 Å². The molecule has 4 rings (SSSR count). The third-order valence-electron chi connectivity index (χ3n) is 5.60. The van der Waals surface area contributed by atoms with Crippen LogP contribution in [0.1, 0.15) is 57.9 Å². The summed E-state index contributed by atoms with van der Waals surface area (Å²) in [4.78, 5) is 62.5. The molecular weight excluding hydrogens is 460 g/mol. The van der Waals surface area contributed by atoms with Crippen molar-refractivity contribution in [3.05, 3.63) is 46.8 Å². The van der Waals surface area contributed by atoms with Gasteiger partial charge in [-0.2, -0.15) is 0 Å². The Morgan fingerprint density at radius 2 is 2.09 bits per heavy atom. The first kappa shape index (κ1) is 24.1. The average Bonchev–Trinajstić information content (AvgIpc) is 3.38. The zero-order valence-electron chi connectivity index (χ0n) is 19.0. The second kappa shape index (κ2) is 10.5. The van der Waals surface area contributed by atoms with Gasteiger partial charge in [-0.25, -0.2) is 0 Å². The van der Waals surface area contributed by atoms with E-state index in [1.54, 1.807) is 25.3 Å². The summed E-state index contributed by atoms with van der Waals surface area (Å²) in [6, 6.07) is 5.27. The molecule has 1 fully saturated rings. The zero-order valence-corrected chi connectivity index (χ0v) is 19.0. The normalized spacial score (nSPS) is 17.4. The van der Waals surface area contributed by atoms with Crippen molar-refractivity contribution in [3.63, 3.8) is 0 Å². The number of aromatic nitrogens is 1. The molecule has 1 aromatic carbocycles. The molecule has 12 heteroatoms. The lowest BCUT2D eigenvalue weighted by atomic mass is 10.0. The predicted octanol–water partition coefficient (Wildman–Crippen LogP) is 0.698. The number of hydrogen-bond donors (Lipinski definition) is 2. The van der Waals surface area contributed by atoms with Crippen LogP contribution in [0.5, 0.6) is 5.75 Å². The van der Waals surface area contributed by atoms with E-state index < -0.39 is 29.7 Å². The maximum absolute atomic E-state index is 13.0. The van der Waals surface area contributed by atoms with Crippen molar-refractivity contribution >= 4 is 29.5 Å². The second-order valence-corrected chi connectivity index (χ2v) is 8.07. The quantitative estimate of drug-likeness (QED) is 0.366. The first-order chi connectivity index (χ1) is 16.9.